The van der Waals surface area contributed by atoms with Crippen LogP contribution < -0.4 is 10.6 Å². The number of carbonyl (C=O) groups is 3. The quantitative estimate of drug-likeness (QED) is 0.494. The van der Waals surface area contributed by atoms with Crippen molar-refractivity contribution in [2.75, 3.05) is 11.9 Å². The van der Waals surface area contributed by atoms with Gasteiger partial charge in [0.05, 0.1) is 29.2 Å². The monoisotopic (exact) mass is 513 g/mol. The van der Waals surface area contributed by atoms with Crippen molar-refractivity contribution in [2.45, 2.75) is 93.3 Å². The number of anilines is 1. The number of thioether (sulfide) groups is 1. The molecule has 2 bridgehead atoms. The van der Waals surface area contributed by atoms with Gasteiger partial charge in [0.15, 0.2) is 0 Å². The second kappa shape index (κ2) is 10.4. The Kier molecular flexibility index (Phi) is 7.37. The SMILES string of the molecule is CC[C@H](C)[C@H](CO)N1C(=O)[C@@H]2[C@@H](C(=O)Nc3ccccc3)[C@H]3CCC2(S3)C1C(=O)NC1CCCCC1. The van der Waals surface area contributed by atoms with E-state index in [0.717, 1.165) is 44.9 Å². The van der Waals surface area contributed by atoms with E-state index in [1.165, 1.54) is 6.42 Å². The number of amides is 3. The van der Waals surface area contributed by atoms with Crippen LogP contribution in [0.4, 0.5) is 5.69 Å². The summed E-state index contributed by atoms with van der Waals surface area (Å²) in [7, 11) is 0. The number of carbonyl (C=O) groups excluding carboxylic acids is 3. The zero-order valence-corrected chi connectivity index (χ0v) is 22.1. The number of para-hydroxylation sites is 1. The van der Waals surface area contributed by atoms with E-state index in [1.807, 2.05) is 44.2 Å². The number of hydrogen-bond donors (Lipinski definition) is 3. The Bertz CT molecular complexity index is 984. The smallest absolute Gasteiger partial charge is 0.244 e. The van der Waals surface area contributed by atoms with Gasteiger partial charge in [-0.3, -0.25) is 14.4 Å². The van der Waals surface area contributed by atoms with Crippen molar-refractivity contribution in [3.05, 3.63) is 30.3 Å². The Morgan fingerprint density at radius 1 is 1.14 bits per heavy atom. The summed E-state index contributed by atoms with van der Waals surface area (Å²) in [6.07, 6.45) is 7.69. The molecule has 3 heterocycles. The van der Waals surface area contributed by atoms with Crippen molar-refractivity contribution in [3.8, 4) is 0 Å². The fourth-order valence-electron chi connectivity index (χ4n) is 7.14. The highest BCUT2D eigenvalue weighted by Gasteiger charge is 2.74. The van der Waals surface area contributed by atoms with Gasteiger partial charge in [0.2, 0.25) is 17.7 Å². The molecule has 2 unspecified atom stereocenters. The molecule has 1 saturated carbocycles. The van der Waals surface area contributed by atoms with E-state index in [-0.39, 0.29) is 41.5 Å². The minimum atomic E-state index is -0.660. The van der Waals surface area contributed by atoms with Gasteiger partial charge in [0.25, 0.3) is 0 Å². The molecular weight excluding hydrogens is 474 g/mol. The van der Waals surface area contributed by atoms with Crippen LogP contribution in [0.25, 0.3) is 0 Å². The molecule has 4 aliphatic rings. The first-order valence-electron chi connectivity index (χ1n) is 13.7. The van der Waals surface area contributed by atoms with Crippen molar-refractivity contribution in [3.63, 3.8) is 0 Å². The van der Waals surface area contributed by atoms with Gasteiger partial charge in [-0.2, -0.15) is 0 Å². The maximum atomic E-state index is 14.2. The van der Waals surface area contributed by atoms with Crippen LogP contribution in [0.3, 0.4) is 0 Å². The molecule has 0 aromatic heterocycles. The van der Waals surface area contributed by atoms with Crippen LogP contribution in [0.1, 0.15) is 65.2 Å². The molecule has 0 radical (unpaired) electrons. The molecule has 8 heteroatoms. The normalized spacial score (nSPS) is 33.3. The molecule has 1 aromatic rings. The van der Waals surface area contributed by atoms with Crippen molar-refractivity contribution >= 4 is 35.2 Å². The molecule has 5 rings (SSSR count). The lowest BCUT2D eigenvalue weighted by atomic mass is 9.70. The van der Waals surface area contributed by atoms with Gasteiger partial charge in [0.1, 0.15) is 6.04 Å². The summed E-state index contributed by atoms with van der Waals surface area (Å²) in [4.78, 5) is 43.5. The molecule has 36 heavy (non-hydrogen) atoms. The standard InChI is InChI=1S/C28H39N3O4S/c1-3-17(2)20(16-32)31-24(26(34)30-19-12-8-5-9-13-19)28-15-14-21(36-28)22(23(28)27(31)35)25(33)29-18-10-6-4-7-11-18/h4,6-7,10-11,17,19-24,32H,3,5,8-9,12-16H2,1-2H3,(H,29,33)(H,30,34)/t17-,20-,21+,22-,23-,24?,28?/m0/s1. The average Bonchev–Trinajstić information content (AvgIpc) is 3.53. The molecule has 3 aliphatic heterocycles. The van der Waals surface area contributed by atoms with E-state index in [4.69, 9.17) is 0 Å². The third-order valence-electron chi connectivity index (χ3n) is 9.13. The molecule has 7 nitrogen and oxygen atoms in total. The molecule has 1 spiro atoms. The lowest BCUT2D eigenvalue weighted by Crippen LogP contribution is -2.59. The van der Waals surface area contributed by atoms with Crippen molar-refractivity contribution < 1.29 is 19.5 Å². The van der Waals surface area contributed by atoms with E-state index in [1.54, 1.807) is 16.7 Å². The van der Waals surface area contributed by atoms with Gasteiger partial charge in [-0.25, -0.2) is 0 Å². The van der Waals surface area contributed by atoms with Gasteiger partial charge >= 0.3 is 0 Å². The molecule has 3 amide bonds. The van der Waals surface area contributed by atoms with Gasteiger partial charge < -0.3 is 20.6 Å². The average molecular weight is 514 g/mol. The fourth-order valence-corrected chi connectivity index (χ4v) is 9.34. The van der Waals surface area contributed by atoms with Crippen LogP contribution in [0.15, 0.2) is 30.3 Å². The van der Waals surface area contributed by atoms with Gasteiger partial charge in [-0.05, 0) is 43.7 Å². The number of rotatable bonds is 8. The Hall–Kier alpha value is -2.06. The second-order valence-corrected chi connectivity index (χ2v) is 12.7. The third kappa shape index (κ3) is 4.24. The van der Waals surface area contributed by atoms with Crippen LogP contribution in [-0.2, 0) is 14.4 Å². The number of nitrogens with zero attached hydrogens (tertiary/aromatic N) is 1. The Morgan fingerprint density at radius 3 is 2.53 bits per heavy atom. The van der Waals surface area contributed by atoms with Crippen molar-refractivity contribution in [1.82, 2.24) is 10.2 Å². The summed E-state index contributed by atoms with van der Waals surface area (Å²) < 4.78 is -0.625. The maximum absolute atomic E-state index is 14.2. The number of likely N-dealkylation sites (tertiary alicyclic amines) is 1. The predicted molar refractivity (Wildman–Crippen MR) is 141 cm³/mol. The molecule has 3 N–H and O–H groups in total. The number of aliphatic hydroxyl groups excluding tert-OH is 1. The van der Waals surface area contributed by atoms with Crippen molar-refractivity contribution in [1.29, 1.82) is 0 Å². The van der Waals surface area contributed by atoms with E-state index in [2.05, 4.69) is 10.6 Å². The highest BCUT2D eigenvalue weighted by molar-refractivity contribution is 8.02. The number of nitrogens with one attached hydrogen (secondary N) is 2. The zero-order chi connectivity index (χ0) is 25.4. The number of benzene rings is 1. The summed E-state index contributed by atoms with van der Waals surface area (Å²) in [6, 6.07) is 8.38. The molecule has 7 atom stereocenters. The van der Waals surface area contributed by atoms with Gasteiger partial charge in [-0.15, -0.1) is 11.8 Å². The van der Waals surface area contributed by atoms with Crippen LogP contribution in [-0.4, -0.2) is 62.5 Å². The molecule has 3 saturated heterocycles. The van der Waals surface area contributed by atoms with E-state index in [9.17, 15) is 19.5 Å². The lowest BCUT2D eigenvalue weighted by molar-refractivity contribution is -0.143. The Morgan fingerprint density at radius 2 is 1.86 bits per heavy atom. The first kappa shape index (κ1) is 25.6. The van der Waals surface area contributed by atoms with Crippen LogP contribution in [0.5, 0.6) is 0 Å². The summed E-state index contributed by atoms with van der Waals surface area (Å²) in [6.45, 7) is 3.88. The van der Waals surface area contributed by atoms with E-state index in [0.29, 0.717) is 5.69 Å². The third-order valence-corrected chi connectivity index (χ3v) is 11.1. The number of hydrogen-bond acceptors (Lipinski definition) is 5. The minimum absolute atomic E-state index is 0.0194. The number of aliphatic hydroxyl groups is 1. The first-order chi connectivity index (χ1) is 17.4. The Labute approximate surface area is 218 Å². The molecule has 1 aliphatic carbocycles. The molecule has 196 valence electrons. The summed E-state index contributed by atoms with van der Waals surface area (Å²) in [5, 5.41) is 16.8. The summed E-state index contributed by atoms with van der Waals surface area (Å²) >= 11 is 1.68. The van der Waals surface area contributed by atoms with E-state index >= 15 is 0 Å². The van der Waals surface area contributed by atoms with Crippen LogP contribution in [0, 0.1) is 17.8 Å². The minimum Gasteiger partial charge on any atom is -0.394 e. The van der Waals surface area contributed by atoms with Crippen LogP contribution >= 0.6 is 11.8 Å². The highest BCUT2D eigenvalue weighted by Crippen LogP contribution is 2.66. The highest BCUT2D eigenvalue weighted by atomic mass is 32.2. The second-order valence-electron chi connectivity index (χ2n) is 11.1. The Balaban J connectivity index is 1.48. The largest absolute Gasteiger partial charge is 0.394 e. The maximum Gasteiger partial charge on any atom is 0.244 e. The summed E-state index contributed by atoms with van der Waals surface area (Å²) in [5.41, 5.74) is 0.714. The molecule has 1 aromatic carbocycles. The van der Waals surface area contributed by atoms with Gasteiger partial charge in [0, 0.05) is 17.0 Å². The fraction of sp³-hybridized carbons (Fsp3) is 0.679. The number of fused-ring (bicyclic) bond motifs is 1. The van der Waals surface area contributed by atoms with E-state index < -0.39 is 28.7 Å². The zero-order valence-electron chi connectivity index (χ0n) is 21.3. The lowest BCUT2D eigenvalue weighted by Gasteiger charge is -2.40. The molecular formula is C28H39N3O4S. The topological polar surface area (TPSA) is 98.7 Å². The van der Waals surface area contributed by atoms with Crippen molar-refractivity contribution in [2.24, 2.45) is 17.8 Å². The van der Waals surface area contributed by atoms with Gasteiger partial charge in [-0.1, -0.05) is 57.7 Å². The predicted octanol–water partition coefficient (Wildman–Crippen LogP) is 3.57. The molecule has 4 fully saturated rings. The van der Waals surface area contributed by atoms with Crippen LogP contribution in [0.2, 0.25) is 0 Å². The summed E-state index contributed by atoms with van der Waals surface area (Å²) in [5.74, 6) is -1.38. The first-order valence-corrected chi connectivity index (χ1v) is 14.6.